The van der Waals surface area contributed by atoms with Crippen molar-refractivity contribution in [1.29, 1.82) is 0 Å². The highest BCUT2D eigenvalue weighted by atomic mass is 16.6. The van der Waals surface area contributed by atoms with Gasteiger partial charge in [-0.05, 0) is 60.5 Å². The average molecular weight is 555 g/mol. The molecule has 7 heteroatoms. The second-order valence-corrected chi connectivity index (χ2v) is 10.6. The van der Waals surface area contributed by atoms with E-state index in [0.717, 1.165) is 29.7 Å². The lowest BCUT2D eigenvalue weighted by Gasteiger charge is -2.29. The first-order chi connectivity index (χ1) is 20.1. The molecule has 7 nitrogen and oxygen atoms in total. The molecule has 0 aromatic heterocycles. The fraction of sp³-hybridized carbons (Fsp3) is 0.412. The van der Waals surface area contributed by atoms with Gasteiger partial charge in [-0.25, -0.2) is 0 Å². The molecule has 0 fully saturated rings. The molecule has 0 aliphatic heterocycles. The van der Waals surface area contributed by atoms with Crippen molar-refractivity contribution in [2.24, 2.45) is 20.5 Å². The van der Waals surface area contributed by atoms with Gasteiger partial charge in [0.25, 0.3) is 0 Å². The Morgan fingerprint density at radius 3 is 1.88 bits per heavy atom. The fourth-order valence-electron chi connectivity index (χ4n) is 4.87. The predicted molar refractivity (Wildman–Crippen MR) is 165 cm³/mol. The van der Waals surface area contributed by atoms with E-state index in [-0.39, 0.29) is 5.75 Å². The van der Waals surface area contributed by atoms with Crippen LogP contribution in [0.1, 0.15) is 82.3 Å². The second-order valence-electron chi connectivity index (χ2n) is 10.6. The summed E-state index contributed by atoms with van der Waals surface area (Å²) in [5.41, 5.74) is 4.05. The fourth-order valence-corrected chi connectivity index (χ4v) is 4.87. The number of hydrogen-bond donors (Lipinski definition) is 2. The number of unbranched alkanes of at least 4 members (excludes halogenated alkanes) is 9. The van der Waals surface area contributed by atoms with Gasteiger partial charge in [0.15, 0.2) is 5.79 Å². The minimum Gasteiger partial charge on any atom is -0.506 e. The van der Waals surface area contributed by atoms with E-state index in [1.54, 1.807) is 36.4 Å². The number of nitrogens with zero attached hydrogens (tertiary/aromatic N) is 4. The first-order valence-electron chi connectivity index (χ1n) is 15.0. The lowest BCUT2D eigenvalue weighted by Crippen LogP contribution is -2.35. The van der Waals surface area contributed by atoms with Crippen molar-refractivity contribution in [3.05, 3.63) is 83.9 Å². The van der Waals surface area contributed by atoms with Gasteiger partial charge < -0.3 is 14.9 Å². The summed E-state index contributed by atoms with van der Waals surface area (Å²) in [5, 5.41) is 38.7. The van der Waals surface area contributed by atoms with Gasteiger partial charge in [-0.1, -0.05) is 95.1 Å². The van der Waals surface area contributed by atoms with Crippen molar-refractivity contribution in [2.45, 2.75) is 83.3 Å². The first-order valence-corrected chi connectivity index (χ1v) is 15.0. The van der Waals surface area contributed by atoms with Crippen molar-refractivity contribution < 1.29 is 14.9 Å². The molecule has 0 heterocycles. The Kier molecular flexibility index (Phi) is 11.8. The smallest absolute Gasteiger partial charge is 0.189 e. The van der Waals surface area contributed by atoms with Crippen molar-refractivity contribution in [2.75, 3.05) is 6.61 Å². The van der Waals surface area contributed by atoms with E-state index in [2.05, 4.69) is 27.4 Å². The molecule has 216 valence electrons. The molecule has 1 atom stereocenters. The number of phenolic OH excluding ortho intramolecular Hbond substituents is 1. The largest absolute Gasteiger partial charge is 0.506 e. The summed E-state index contributed by atoms with van der Waals surface area (Å²) >= 11 is 0. The standard InChI is InChI=1S/C34H42N4O3/c1-2-3-4-5-6-7-8-9-10-14-25-41-34(40)24-23-31-27(26-34)17-22-32(39)33(31)38-37-30-20-18-29(19-21-30)36-35-28-15-12-11-13-16-28/h11-13,15-24,39-40H,2-10,14,25-26H2,1H3. The Balaban J connectivity index is 1.27. The number of phenols is 1. The van der Waals surface area contributed by atoms with Gasteiger partial charge in [0.2, 0.25) is 0 Å². The highest BCUT2D eigenvalue weighted by Gasteiger charge is 2.30. The van der Waals surface area contributed by atoms with Gasteiger partial charge in [0.1, 0.15) is 11.4 Å². The summed E-state index contributed by atoms with van der Waals surface area (Å²) < 4.78 is 5.89. The molecule has 1 aliphatic carbocycles. The maximum Gasteiger partial charge on any atom is 0.189 e. The van der Waals surface area contributed by atoms with Gasteiger partial charge in [0, 0.05) is 12.0 Å². The van der Waals surface area contributed by atoms with Crippen LogP contribution >= 0.6 is 0 Å². The predicted octanol–water partition coefficient (Wildman–Crippen LogP) is 10.4. The summed E-state index contributed by atoms with van der Waals surface area (Å²) in [7, 11) is 0. The second kappa shape index (κ2) is 15.9. The monoisotopic (exact) mass is 554 g/mol. The molecule has 4 rings (SSSR count). The lowest BCUT2D eigenvalue weighted by molar-refractivity contribution is -0.166. The number of fused-ring (bicyclic) bond motifs is 1. The van der Waals surface area contributed by atoms with Gasteiger partial charge in [-0.3, -0.25) is 0 Å². The summed E-state index contributed by atoms with van der Waals surface area (Å²) in [6.07, 6.45) is 16.2. The first kappa shape index (κ1) is 30.3. The van der Waals surface area contributed by atoms with E-state index in [4.69, 9.17) is 4.74 Å². The zero-order valence-electron chi connectivity index (χ0n) is 24.1. The van der Waals surface area contributed by atoms with Crippen molar-refractivity contribution in [3.63, 3.8) is 0 Å². The van der Waals surface area contributed by atoms with Crippen LogP contribution in [-0.2, 0) is 11.2 Å². The summed E-state index contributed by atoms with van der Waals surface area (Å²) in [4.78, 5) is 0. The maximum absolute atomic E-state index is 11.0. The average Bonchev–Trinajstić information content (AvgIpc) is 2.99. The molecule has 0 saturated carbocycles. The molecular weight excluding hydrogens is 512 g/mol. The molecule has 1 unspecified atom stereocenters. The number of ether oxygens (including phenoxy) is 1. The minimum atomic E-state index is -1.36. The van der Waals surface area contributed by atoms with Gasteiger partial charge >= 0.3 is 0 Å². The summed E-state index contributed by atoms with van der Waals surface area (Å²) in [5.74, 6) is -1.33. The van der Waals surface area contributed by atoms with Crippen molar-refractivity contribution >= 4 is 28.8 Å². The Hall–Kier alpha value is -3.68. The SMILES string of the molecule is CCCCCCCCCCCCOC1(O)C=Cc2c(ccc(O)c2N=Nc2ccc(N=Nc3ccccc3)cc2)C1. The van der Waals surface area contributed by atoms with Crippen LogP contribution in [-0.4, -0.2) is 22.6 Å². The maximum atomic E-state index is 11.0. The quantitative estimate of drug-likeness (QED) is 0.105. The molecule has 3 aromatic carbocycles. The number of aromatic hydroxyl groups is 1. The Labute approximate surface area is 243 Å². The van der Waals surface area contributed by atoms with Crippen LogP contribution in [0.3, 0.4) is 0 Å². The summed E-state index contributed by atoms with van der Waals surface area (Å²) in [6, 6.07) is 20.1. The molecule has 0 saturated heterocycles. The molecule has 1 aliphatic rings. The third-order valence-electron chi connectivity index (χ3n) is 7.24. The van der Waals surface area contributed by atoms with Crippen molar-refractivity contribution in [3.8, 4) is 5.75 Å². The number of benzene rings is 3. The highest BCUT2D eigenvalue weighted by Crippen LogP contribution is 2.39. The minimum absolute atomic E-state index is 0.0298. The molecule has 2 N–H and O–H groups in total. The Morgan fingerprint density at radius 1 is 0.683 bits per heavy atom. The molecular formula is C34H42N4O3. The van der Waals surface area contributed by atoms with Crippen LogP contribution in [0.2, 0.25) is 0 Å². The number of rotatable bonds is 16. The number of hydrogen-bond acceptors (Lipinski definition) is 7. The van der Waals surface area contributed by atoms with Crippen molar-refractivity contribution in [1.82, 2.24) is 0 Å². The Bertz CT molecular complexity index is 1310. The molecule has 0 radical (unpaired) electrons. The van der Waals surface area contributed by atoms with Crippen LogP contribution in [0, 0.1) is 0 Å². The van der Waals surface area contributed by atoms with E-state index in [0.29, 0.717) is 30.1 Å². The van der Waals surface area contributed by atoms with E-state index in [9.17, 15) is 10.2 Å². The van der Waals surface area contributed by atoms with E-state index in [1.807, 2.05) is 42.5 Å². The third-order valence-corrected chi connectivity index (χ3v) is 7.24. The summed E-state index contributed by atoms with van der Waals surface area (Å²) in [6.45, 7) is 2.76. The van der Waals surface area contributed by atoms with Gasteiger partial charge in [-0.15, -0.1) is 5.11 Å². The zero-order chi connectivity index (χ0) is 28.8. The molecule has 0 spiro atoms. The van der Waals surface area contributed by atoms with E-state index >= 15 is 0 Å². The Morgan fingerprint density at radius 2 is 1.24 bits per heavy atom. The topological polar surface area (TPSA) is 99.1 Å². The third kappa shape index (κ3) is 9.73. The number of azo groups is 2. The zero-order valence-corrected chi connectivity index (χ0v) is 24.1. The molecule has 41 heavy (non-hydrogen) atoms. The van der Waals surface area contributed by atoms with Gasteiger partial charge in [-0.2, -0.15) is 15.3 Å². The number of aliphatic hydroxyl groups is 1. The van der Waals surface area contributed by atoms with E-state index in [1.165, 1.54) is 51.4 Å². The van der Waals surface area contributed by atoms with Crippen LogP contribution in [0.15, 0.2) is 93.3 Å². The van der Waals surface area contributed by atoms with Crippen LogP contribution in [0.4, 0.5) is 22.7 Å². The highest BCUT2D eigenvalue weighted by molar-refractivity contribution is 5.74. The molecule has 0 bridgehead atoms. The molecule has 3 aromatic rings. The molecule has 0 amide bonds. The van der Waals surface area contributed by atoms with Gasteiger partial charge in [0.05, 0.1) is 23.7 Å². The van der Waals surface area contributed by atoms with Crippen LogP contribution in [0.25, 0.3) is 6.08 Å². The lowest BCUT2D eigenvalue weighted by atomic mass is 9.91. The van der Waals surface area contributed by atoms with Crippen LogP contribution < -0.4 is 0 Å². The van der Waals surface area contributed by atoms with E-state index < -0.39 is 5.79 Å². The van der Waals surface area contributed by atoms with Crippen LogP contribution in [0.5, 0.6) is 5.75 Å². The normalized spacial score (nSPS) is 16.5.